The van der Waals surface area contributed by atoms with Gasteiger partial charge in [-0.2, -0.15) is 0 Å². The van der Waals surface area contributed by atoms with Gasteiger partial charge in [0.25, 0.3) is 5.91 Å². The number of nitrogens with zero attached hydrogens (tertiary/aromatic N) is 1. The number of nitrogen functional groups attached to an aromatic ring is 1. The minimum absolute atomic E-state index is 0.192. The summed E-state index contributed by atoms with van der Waals surface area (Å²) in [6, 6.07) is 8.52. The lowest BCUT2D eigenvalue weighted by atomic mass is 9.78. The van der Waals surface area contributed by atoms with Crippen LogP contribution in [0.2, 0.25) is 0 Å². The van der Waals surface area contributed by atoms with Crippen LogP contribution in [0.5, 0.6) is 0 Å². The van der Waals surface area contributed by atoms with Gasteiger partial charge in [0.15, 0.2) is 0 Å². The SMILES string of the molecule is NNC(=O)c1ccccc1CN1CCC[C@H]2CCCC[C@H]21. The molecule has 2 aliphatic rings. The van der Waals surface area contributed by atoms with Gasteiger partial charge in [-0.25, -0.2) is 5.84 Å². The van der Waals surface area contributed by atoms with Crippen LogP contribution >= 0.6 is 0 Å². The summed E-state index contributed by atoms with van der Waals surface area (Å²) in [7, 11) is 0. The number of hydrogen-bond donors (Lipinski definition) is 2. The van der Waals surface area contributed by atoms with E-state index in [1.807, 2.05) is 18.2 Å². The normalized spacial score (nSPS) is 26.1. The molecular weight excluding hydrogens is 262 g/mol. The predicted molar refractivity (Wildman–Crippen MR) is 83.5 cm³/mol. The Kier molecular flexibility index (Phi) is 4.56. The molecule has 1 aliphatic heterocycles. The lowest BCUT2D eigenvalue weighted by molar-refractivity contribution is 0.0543. The van der Waals surface area contributed by atoms with Gasteiger partial charge in [-0.1, -0.05) is 31.0 Å². The molecular formula is C17H25N3O. The Morgan fingerprint density at radius 1 is 1.19 bits per heavy atom. The summed E-state index contributed by atoms with van der Waals surface area (Å²) < 4.78 is 0. The summed E-state index contributed by atoms with van der Waals surface area (Å²) in [5, 5.41) is 0. The van der Waals surface area contributed by atoms with Crippen LogP contribution in [-0.4, -0.2) is 23.4 Å². The van der Waals surface area contributed by atoms with E-state index in [1.165, 1.54) is 38.5 Å². The first kappa shape index (κ1) is 14.5. The number of carbonyl (C=O) groups excluding carboxylic acids is 1. The van der Waals surface area contributed by atoms with Gasteiger partial charge in [-0.05, 0) is 49.8 Å². The van der Waals surface area contributed by atoms with Crippen molar-refractivity contribution in [2.75, 3.05) is 6.54 Å². The third-order valence-corrected chi connectivity index (χ3v) is 5.12. The van der Waals surface area contributed by atoms with Gasteiger partial charge in [0.05, 0.1) is 0 Å². The van der Waals surface area contributed by atoms with Crippen LogP contribution in [-0.2, 0) is 6.54 Å². The molecule has 1 aliphatic carbocycles. The fourth-order valence-electron chi connectivity index (χ4n) is 4.10. The molecule has 0 bridgehead atoms. The van der Waals surface area contributed by atoms with Crippen molar-refractivity contribution in [2.24, 2.45) is 11.8 Å². The van der Waals surface area contributed by atoms with E-state index in [0.717, 1.165) is 24.6 Å². The Morgan fingerprint density at radius 3 is 2.81 bits per heavy atom. The first-order valence-electron chi connectivity index (χ1n) is 8.12. The van der Waals surface area contributed by atoms with Gasteiger partial charge >= 0.3 is 0 Å². The minimum Gasteiger partial charge on any atom is -0.296 e. The van der Waals surface area contributed by atoms with Crippen molar-refractivity contribution in [3.05, 3.63) is 35.4 Å². The molecule has 0 spiro atoms. The molecule has 0 radical (unpaired) electrons. The molecule has 2 fully saturated rings. The van der Waals surface area contributed by atoms with Gasteiger partial charge in [0.1, 0.15) is 0 Å². The highest BCUT2D eigenvalue weighted by Gasteiger charge is 2.33. The maximum atomic E-state index is 11.9. The Bertz CT molecular complexity index is 501. The van der Waals surface area contributed by atoms with Gasteiger partial charge in [0.2, 0.25) is 0 Å². The topological polar surface area (TPSA) is 58.4 Å². The smallest absolute Gasteiger partial charge is 0.265 e. The number of carbonyl (C=O) groups is 1. The van der Waals surface area contributed by atoms with Crippen molar-refractivity contribution in [2.45, 2.75) is 51.1 Å². The lowest BCUT2D eigenvalue weighted by Crippen LogP contribution is -2.46. The first-order chi connectivity index (χ1) is 10.3. The molecule has 0 unspecified atom stereocenters. The van der Waals surface area contributed by atoms with Crippen LogP contribution in [0.15, 0.2) is 24.3 Å². The van der Waals surface area contributed by atoms with Gasteiger partial charge in [0, 0.05) is 18.2 Å². The second kappa shape index (κ2) is 6.58. The molecule has 3 N–H and O–H groups in total. The molecule has 4 nitrogen and oxygen atoms in total. The number of amides is 1. The standard InChI is InChI=1S/C17H25N3O/c18-19-17(21)15-9-3-1-7-14(15)12-20-11-5-8-13-6-2-4-10-16(13)20/h1,3,7,9,13,16H,2,4-6,8,10-12,18H2,(H,19,21)/t13-,16-/m1/s1. The second-order valence-corrected chi connectivity index (χ2v) is 6.36. The largest absolute Gasteiger partial charge is 0.296 e. The predicted octanol–water partition coefficient (Wildman–Crippen LogP) is 2.44. The third kappa shape index (κ3) is 3.11. The monoisotopic (exact) mass is 287 g/mol. The van der Waals surface area contributed by atoms with Crippen molar-refractivity contribution in [1.29, 1.82) is 0 Å². The summed E-state index contributed by atoms with van der Waals surface area (Å²) in [6.07, 6.45) is 8.10. The maximum absolute atomic E-state index is 11.9. The number of nitrogens with one attached hydrogen (secondary N) is 1. The fourth-order valence-corrected chi connectivity index (χ4v) is 4.10. The molecule has 1 heterocycles. The van der Waals surface area contributed by atoms with E-state index in [1.54, 1.807) is 0 Å². The minimum atomic E-state index is -0.192. The van der Waals surface area contributed by atoms with Crippen molar-refractivity contribution in [1.82, 2.24) is 10.3 Å². The second-order valence-electron chi connectivity index (χ2n) is 6.36. The number of likely N-dealkylation sites (tertiary alicyclic amines) is 1. The van der Waals surface area contributed by atoms with E-state index >= 15 is 0 Å². The summed E-state index contributed by atoms with van der Waals surface area (Å²) in [6.45, 7) is 2.02. The quantitative estimate of drug-likeness (QED) is 0.510. The summed E-state index contributed by atoms with van der Waals surface area (Å²) in [5.41, 5.74) is 4.05. The number of hydrogen-bond acceptors (Lipinski definition) is 3. The van der Waals surface area contributed by atoms with Crippen LogP contribution in [0.3, 0.4) is 0 Å². The van der Waals surface area contributed by atoms with Gasteiger partial charge in [-0.3, -0.25) is 15.1 Å². The molecule has 21 heavy (non-hydrogen) atoms. The van der Waals surface area contributed by atoms with Gasteiger partial charge in [-0.15, -0.1) is 0 Å². The highest BCUT2D eigenvalue weighted by atomic mass is 16.2. The molecule has 1 saturated carbocycles. The zero-order valence-corrected chi connectivity index (χ0v) is 12.6. The number of piperidine rings is 1. The van der Waals surface area contributed by atoms with Crippen LogP contribution in [0, 0.1) is 5.92 Å². The van der Waals surface area contributed by atoms with Crippen LogP contribution < -0.4 is 11.3 Å². The van der Waals surface area contributed by atoms with Gasteiger partial charge < -0.3 is 0 Å². The van der Waals surface area contributed by atoms with Crippen molar-refractivity contribution in [3.8, 4) is 0 Å². The van der Waals surface area contributed by atoms with Crippen LogP contribution in [0.1, 0.15) is 54.4 Å². The Morgan fingerprint density at radius 2 is 1.95 bits per heavy atom. The fraction of sp³-hybridized carbons (Fsp3) is 0.588. The number of rotatable bonds is 3. The maximum Gasteiger partial charge on any atom is 0.265 e. The van der Waals surface area contributed by atoms with Crippen molar-refractivity contribution >= 4 is 5.91 Å². The molecule has 4 heteroatoms. The molecule has 114 valence electrons. The summed E-state index contributed by atoms with van der Waals surface area (Å²) in [4.78, 5) is 14.5. The number of fused-ring (bicyclic) bond motifs is 1. The number of hydrazine groups is 1. The van der Waals surface area contributed by atoms with Crippen LogP contribution in [0.4, 0.5) is 0 Å². The van der Waals surface area contributed by atoms with Crippen molar-refractivity contribution in [3.63, 3.8) is 0 Å². The average molecular weight is 287 g/mol. The molecule has 3 rings (SSSR count). The number of nitrogens with two attached hydrogens (primary N) is 1. The van der Waals surface area contributed by atoms with E-state index in [9.17, 15) is 4.79 Å². The van der Waals surface area contributed by atoms with E-state index in [2.05, 4.69) is 16.4 Å². The zero-order chi connectivity index (χ0) is 14.7. The first-order valence-corrected chi connectivity index (χ1v) is 8.12. The third-order valence-electron chi connectivity index (χ3n) is 5.12. The molecule has 1 saturated heterocycles. The highest BCUT2D eigenvalue weighted by molar-refractivity contribution is 5.95. The zero-order valence-electron chi connectivity index (χ0n) is 12.6. The van der Waals surface area contributed by atoms with E-state index < -0.39 is 0 Å². The van der Waals surface area contributed by atoms with E-state index in [4.69, 9.17) is 5.84 Å². The Balaban J connectivity index is 1.78. The molecule has 1 aromatic carbocycles. The molecule has 1 amide bonds. The molecule has 0 aromatic heterocycles. The summed E-state index contributed by atoms with van der Waals surface area (Å²) in [5.74, 6) is 5.97. The highest BCUT2D eigenvalue weighted by Crippen LogP contribution is 2.36. The van der Waals surface area contributed by atoms with E-state index in [0.29, 0.717) is 11.6 Å². The van der Waals surface area contributed by atoms with E-state index in [-0.39, 0.29) is 5.91 Å². The van der Waals surface area contributed by atoms with Crippen molar-refractivity contribution < 1.29 is 4.79 Å². The lowest BCUT2D eigenvalue weighted by Gasteiger charge is -2.44. The Labute approximate surface area is 126 Å². The Hall–Kier alpha value is -1.39. The molecule has 1 aromatic rings. The summed E-state index contributed by atoms with van der Waals surface area (Å²) >= 11 is 0. The average Bonchev–Trinajstić information content (AvgIpc) is 2.55. The number of benzene rings is 1. The molecule has 2 atom stereocenters. The van der Waals surface area contributed by atoms with Crippen LogP contribution in [0.25, 0.3) is 0 Å².